The molecule has 49 heavy (non-hydrogen) atoms. The van der Waals surface area contributed by atoms with Crippen LogP contribution in [0.15, 0.2) is 119 Å². The number of hydrogen-bond donors (Lipinski definition) is 0. The van der Waals surface area contributed by atoms with Crippen LogP contribution in [0, 0.1) is 25.7 Å². The Bertz CT molecular complexity index is 1850. The molecule has 4 aromatic carbocycles. The molecule has 8 nitrogen and oxygen atoms in total. The van der Waals surface area contributed by atoms with Crippen LogP contribution in [0.5, 0.6) is 0 Å². The van der Waals surface area contributed by atoms with Crippen molar-refractivity contribution in [2.75, 3.05) is 19.8 Å². The SMILES string of the molecule is Cc1ccc(S(=O)(=O)OC[C@@H]2O[C@H](COS(=O)(=O)c3ccc(C)cc3)[C@@H](C)[C@H]2CO[Si](c2ccccc2)(c2ccccc2)C(C)(C)C)cc1. The van der Waals surface area contributed by atoms with Crippen LogP contribution in [0.25, 0.3) is 0 Å². The normalized spacial score (nSPS) is 20.4. The fraction of sp³-hybridized carbons (Fsp3) is 0.368. The van der Waals surface area contributed by atoms with Gasteiger partial charge in [-0.1, -0.05) is 124 Å². The van der Waals surface area contributed by atoms with E-state index in [0.717, 1.165) is 21.5 Å². The highest BCUT2D eigenvalue weighted by Gasteiger charge is 2.52. The Morgan fingerprint density at radius 1 is 0.612 bits per heavy atom. The zero-order valence-corrected chi connectivity index (χ0v) is 31.5. The van der Waals surface area contributed by atoms with E-state index in [-0.39, 0.29) is 46.5 Å². The van der Waals surface area contributed by atoms with E-state index in [2.05, 4.69) is 45.0 Å². The van der Waals surface area contributed by atoms with Crippen LogP contribution in [-0.4, -0.2) is 57.2 Å². The van der Waals surface area contributed by atoms with Gasteiger partial charge >= 0.3 is 0 Å². The summed E-state index contributed by atoms with van der Waals surface area (Å²) >= 11 is 0. The van der Waals surface area contributed by atoms with Crippen molar-refractivity contribution in [3.05, 3.63) is 120 Å². The summed E-state index contributed by atoms with van der Waals surface area (Å²) in [7, 11) is -11.1. The third kappa shape index (κ3) is 8.25. The van der Waals surface area contributed by atoms with Gasteiger partial charge < -0.3 is 9.16 Å². The summed E-state index contributed by atoms with van der Waals surface area (Å²) in [5.41, 5.74) is 1.86. The first-order valence-corrected chi connectivity index (χ1v) is 21.2. The van der Waals surface area contributed by atoms with Crippen LogP contribution in [0.4, 0.5) is 0 Å². The van der Waals surface area contributed by atoms with Gasteiger partial charge in [-0.25, -0.2) is 0 Å². The second kappa shape index (κ2) is 15.0. The molecule has 5 rings (SSSR count). The molecule has 1 aliphatic rings. The van der Waals surface area contributed by atoms with Crippen molar-refractivity contribution < 1.29 is 34.4 Å². The second-order valence-corrected chi connectivity index (χ2v) is 21.4. The fourth-order valence-electron chi connectivity index (χ4n) is 6.52. The highest BCUT2D eigenvalue weighted by molar-refractivity contribution is 7.87. The maximum atomic E-state index is 13.2. The van der Waals surface area contributed by atoms with Crippen LogP contribution in [0.1, 0.15) is 38.8 Å². The maximum absolute atomic E-state index is 13.2. The standard InChI is InChI=1S/C38H46O8S2Si/c1-28-17-21-31(22-18-28)47(39,40)43-26-36-30(3)35(37(46-36)27-44-48(41,42)32-23-19-29(2)20-24-32)25-45-49(38(4,5)6,33-13-9-7-10-14-33)34-15-11-8-12-16-34/h7-24,30,35-37H,25-27H2,1-6H3/t30-,35+,36+,37-/m0/s1. The zero-order chi connectivity index (χ0) is 35.5. The summed E-state index contributed by atoms with van der Waals surface area (Å²) < 4.78 is 77.4. The van der Waals surface area contributed by atoms with Crippen LogP contribution in [0.2, 0.25) is 5.04 Å². The monoisotopic (exact) mass is 722 g/mol. The Labute approximate surface area is 292 Å². The number of rotatable bonds is 13. The van der Waals surface area contributed by atoms with Gasteiger partial charge in [-0.05, 0) is 59.4 Å². The number of hydrogen-bond acceptors (Lipinski definition) is 8. The highest BCUT2D eigenvalue weighted by atomic mass is 32.2. The van der Waals surface area contributed by atoms with Crippen molar-refractivity contribution >= 4 is 38.9 Å². The average molecular weight is 723 g/mol. The molecule has 0 unspecified atom stereocenters. The predicted octanol–water partition coefficient (Wildman–Crippen LogP) is 6.01. The highest BCUT2D eigenvalue weighted by Crippen LogP contribution is 2.40. The van der Waals surface area contributed by atoms with E-state index >= 15 is 0 Å². The molecule has 0 bridgehead atoms. The lowest BCUT2D eigenvalue weighted by atomic mass is 9.90. The Morgan fingerprint density at radius 2 is 1.02 bits per heavy atom. The van der Waals surface area contributed by atoms with E-state index in [1.807, 2.05) is 57.2 Å². The van der Waals surface area contributed by atoms with Crippen LogP contribution in [0.3, 0.4) is 0 Å². The smallest absolute Gasteiger partial charge is 0.297 e. The van der Waals surface area contributed by atoms with E-state index in [1.165, 1.54) is 24.3 Å². The lowest BCUT2D eigenvalue weighted by Gasteiger charge is -2.44. The molecule has 0 amide bonds. The third-order valence-electron chi connectivity index (χ3n) is 9.39. The lowest BCUT2D eigenvalue weighted by Crippen LogP contribution is -2.67. The van der Waals surface area contributed by atoms with Crippen LogP contribution < -0.4 is 10.4 Å². The minimum Gasteiger partial charge on any atom is -0.407 e. The molecule has 0 spiro atoms. The van der Waals surface area contributed by atoms with Gasteiger partial charge in [0.1, 0.15) is 0 Å². The summed E-state index contributed by atoms with van der Waals surface area (Å²) in [6.45, 7) is 12.0. The summed E-state index contributed by atoms with van der Waals surface area (Å²) in [5, 5.41) is 1.93. The second-order valence-electron chi connectivity index (χ2n) is 13.8. The van der Waals surface area contributed by atoms with E-state index in [1.54, 1.807) is 24.3 Å². The molecule has 1 saturated heterocycles. The molecule has 4 atom stereocenters. The zero-order valence-electron chi connectivity index (χ0n) is 28.9. The maximum Gasteiger partial charge on any atom is 0.297 e. The fourth-order valence-corrected chi connectivity index (χ4v) is 13.0. The molecule has 1 aliphatic heterocycles. The van der Waals surface area contributed by atoms with E-state index in [4.69, 9.17) is 17.5 Å². The summed E-state index contributed by atoms with van der Waals surface area (Å²) in [6, 6.07) is 33.4. The van der Waals surface area contributed by atoms with E-state index in [9.17, 15) is 16.8 Å². The van der Waals surface area contributed by atoms with Crippen molar-refractivity contribution in [1.82, 2.24) is 0 Å². The molecule has 11 heteroatoms. The minimum atomic E-state index is -4.09. The number of benzene rings is 4. The Kier molecular flexibility index (Phi) is 11.3. The molecule has 1 fully saturated rings. The Morgan fingerprint density at radius 3 is 1.43 bits per heavy atom. The van der Waals surface area contributed by atoms with Gasteiger partial charge in [0.05, 0.1) is 35.2 Å². The first-order valence-electron chi connectivity index (χ1n) is 16.5. The molecule has 0 saturated carbocycles. The summed E-state index contributed by atoms with van der Waals surface area (Å²) in [6.07, 6.45) is -1.38. The first kappa shape index (κ1) is 37.1. The Balaban J connectivity index is 1.44. The van der Waals surface area contributed by atoms with Gasteiger partial charge in [0, 0.05) is 12.5 Å². The molecule has 4 aromatic rings. The van der Waals surface area contributed by atoms with Crippen molar-refractivity contribution in [3.63, 3.8) is 0 Å². The summed E-state index contributed by atoms with van der Waals surface area (Å²) in [5.74, 6) is -0.604. The minimum absolute atomic E-state index is 0.0494. The van der Waals surface area contributed by atoms with E-state index in [0.29, 0.717) is 0 Å². The molecule has 0 radical (unpaired) electrons. The predicted molar refractivity (Wildman–Crippen MR) is 194 cm³/mol. The average Bonchev–Trinajstić information content (AvgIpc) is 3.37. The first-order chi connectivity index (χ1) is 23.1. The largest absolute Gasteiger partial charge is 0.407 e. The van der Waals surface area contributed by atoms with Crippen molar-refractivity contribution in [3.8, 4) is 0 Å². The molecule has 0 aromatic heterocycles. The van der Waals surface area contributed by atoms with Crippen LogP contribution in [-0.2, 0) is 37.8 Å². The van der Waals surface area contributed by atoms with Gasteiger partial charge in [-0.15, -0.1) is 0 Å². The van der Waals surface area contributed by atoms with Gasteiger partial charge in [-0.2, -0.15) is 16.8 Å². The molecule has 262 valence electrons. The quantitative estimate of drug-likeness (QED) is 0.122. The van der Waals surface area contributed by atoms with Crippen molar-refractivity contribution in [2.45, 2.75) is 68.6 Å². The third-order valence-corrected chi connectivity index (χ3v) is 17.0. The van der Waals surface area contributed by atoms with E-state index < -0.39 is 40.8 Å². The van der Waals surface area contributed by atoms with Crippen molar-refractivity contribution in [2.24, 2.45) is 11.8 Å². The number of ether oxygens (including phenoxy) is 1. The molecule has 1 heterocycles. The molecule has 0 N–H and O–H groups in total. The Hall–Kier alpha value is -3.16. The van der Waals surface area contributed by atoms with Gasteiger partial charge in [0.15, 0.2) is 0 Å². The molecular formula is C38H46O8S2Si. The number of aryl methyl sites for hydroxylation is 2. The molecule has 0 aliphatic carbocycles. The van der Waals surface area contributed by atoms with Crippen LogP contribution >= 0.6 is 0 Å². The van der Waals surface area contributed by atoms with Gasteiger partial charge in [-0.3, -0.25) is 8.37 Å². The van der Waals surface area contributed by atoms with Gasteiger partial charge in [0.2, 0.25) is 0 Å². The summed E-state index contributed by atoms with van der Waals surface area (Å²) in [4.78, 5) is 0.104. The van der Waals surface area contributed by atoms with Gasteiger partial charge in [0.25, 0.3) is 28.6 Å². The topological polar surface area (TPSA) is 105 Å². The lowest BCUT2D eigenvalue weighted by molar-refractivity contribution is -0.0164. The molecular weight excluding hydrogens is 677 g/mol. The van der Waals surface area contributed by atoms with Crippen molar-refractivity contribution in [1.29, 1.82) is 0 Å².